The first-order valence-electron chi connectivity index (χ1n) is 9.59. The van der Waals surface area contributed by atoms with Crippen molar-refractivity contribution in [2.45, 2.75) is 23.6 Å². The van der Waals surface area contributed by atoms with Crippen molar-refractivity contribution in [2.24, 2.45) is 0 Å². The van der Waals surface area contributed by atoms with Crippen LogP contribution in [0.5, 0.6) is 0 Å². The zero-order valence-electron chi connectivity index (χ0n) is 17.9. The third-order valence-electron chi connectivity index (χ3n) is 4.49. The van der Waals surface area contributed by atoms with Crippen molar-refractivity contribution in [2.75, 3.05) is 26.2 Å². The van der Waals surface area contributed by atoms with Crippen LogP contribution in [0.25, 0.3) is 0 Å². The standard InChI is InChI=1S/C24H24N2O4S2/c1-5-17-25(31(27,28)23-13-9-21(3)10-14-23)19-7-8-20-26(18-6-2)32(29,30)24-15-11-22(4)12-16-24/h1-2,9-16H,17-20H2,3-4H3. The van der Waals surface area contributed by atoms with E-state index < -0.39 is 20.0 Å². The molecule has 2 aromatic rings. The number of aryl methyl sites for hydroxylation is 2. The van der Waals surface area contributed by atoms with Gasteiger partial charge in [0.25, 0.3) is 0 Å². The number of benzene rings is 2. The van der Waals surface area contributed by atoms with Gasteiger partial charge in [-0.25, -0.2) is 16.8 Å². The first-order chi connectivity index (χ1) is 15.1. The Labute approximate surface area is 191 Å². The van der Waals surface area contributed by atoms with E-state index in [0.29, 0.717) is 0 Å². The number of hydrogen-bond donors (Lipinski definition) is 0. The van der Waals surface area contributed by atoms with Crippen molar-refractivity contribution < 1.29 is 16.8 Å². The molecule has 0 spiro atoms. The molecule has 0 saturated carbocycles. The van der Waals surface area contributed by atoms with Crippen LogP contribution < -0.4 is 0 Å². The second-order valence-corrected chi connectivity index (χ2v) is 10.8. The molecule has 0 radical (unpaired) electrons. The number of rotatable bonds is 8. The second kappa shape index (κ2) is 11.0. The SMILES string of the molecule is C#CCN(CC#CCN(CC#C)S(=O)(=O)c1ccc(C)cc1)S(=O)(=O)c1ccc(C)cc1. The third kappa shape index (κ3) is 6.23. The Kier molecular flexibility index (Phi) is 8.66. The van der Waals surface area contributed by atoms with E-state index in [1.165, 1.54) is 24.3 Å². The van der Waals surface area contributed by atoms with Gasteiger partial charge in [-0.3, -0.25) is 0 Å². The van der Waals surface area contributed by atoms with Gasteiger partial charge in [0.15, 0.2) is 0 Å². The molecule has 0 aliphatic rings. The molecule has 0 amide bonds. The summed E-state index contributed by atoms with van der Waals surface area (Å²) in [7, 11) is -7.68. The molecule has 2 rings (SSSR count). The highest BCUT2D eigenvalue weighted by molar-refractivity contribution is 7.89. The zero-order valence-corrected chi connectivity index (χ0v) is 19.6. The van der Waals surface area contributed by atoms with Crippen LogP contribution in [0.15, 0.2) is 58.3 Å². The Hall–Kier alpha value is -3.06. The van der Waals surface area contributed by atoms with Crippen LogP contribution in [0, 0.1) is 50.4 Å². The van der Waals surface area contributed by atoms with Crippen molar-refractivity contribution in [3.8, 4) is 36.5 Å². The molecule has 32 heavy (non-hydrogen) atoms. The topological polar surface area (TPSA) is 74.8 Å². The fourth-order valence-electron chi connectivity index (χ4n) is 2.66. The smallest absolute Gasteiger partial charge is 0.207 e. The average molecular weight is 469 g/mol. The van der Waals surface area contributed by atoms with Gasteiger partial charge in [0, 0.05) is 0 Å². The van der Waals surface area contributed by atoms with Gasteiger partial charge in [0.05, 0.1) is 36.0 Å². The predicted octanol–water partition coefficient (Wildman–Crippen LogP) is 2.25. The summed E-state index contributed by atoms with van der Waals surface area (Å²) in [4.78, 5) is 0.215. The molecule has 0 fully saturated rings. The molecule has 0 aromatic heterocycles. The zero-order chi connectivity index (χ0) is 23.8. The lowest BCUT2D eigenvalue weighted by molar-refractivity contribution is 0.477. The Balaban J connectivity index is 2.20. The molecule has 166 valence electrons. The Morgan fingerprint density at radius 3 is 1.22 bits per heavy atom. The highest BCUT2D eigenvalue weighted by Gasteiger charge is 2.24. The van der Waals surface area contributed by atoms with Crippen molar-refractivity contribution in [1.82, 2.24) is 8.61 Å². The van der Waals surface area contributed by atoms with Crippen LogP contribution in [0.2, 0.25) is 0 Å². The van der Waals surface area contributed by atoms with E-state index in [9.17, 15) is 16.8 Å². The van der Waals surface area contributed by atoms with Gasteiger partial charge in [-0.15, -0.1) is 12.8 Å². The van der Waals surface area contributed by atoms with Gasteiger partial charge in [0.2, 0.25) is 20.0 Å². The monoisotopic (exact) mass is 468 g/mol. The van der Waals surface area contributed by atoms with Gasteiger partial charge in [0.1, 0.15) is 0 Å². The lowest BCUT2D eigenvalue weighted by Crippen LogP contribution is -2.33. The Bertz CT molecular complexity index is 1190. The minimum Gasteiger partial charge on any atom is -0.207 e. The van der Waals surface area contributed by atoms with Gasteiger partial charge >= 0.3 is 0 Å². The maximum Gasteiger partial charge on any atom is 0.244 e. The van der Waals surface area contributed by atoms with Crippen LogP contribution >= 0.6 is 0 Å². The predicted molar refractivity (Wildman–Crippen MR) is 125 cm³/mol. The molecule has 0 unspecified atom stereocenters. The largest absolute Gasteiger partial charge is 0.244 e. The molecule has 0 N–H and O–H groups in total. The highest BCUT2D eigenvalue weighted by atomic mass is 32.2. The second-order valence-electron chi connectivity index (χ2n) is 6.93. The minimum absolute atomic E-state index is 0.107. The van der Waals surface area contributed by atoms with Crippen molar-refractivity contribution in [1.29, 1.82) is 0 Å². The molecule has 6 nitrogen and oxygen atoms in total. The van der Waals surface area contributed by atoms with E-state index in [4.69, 9.17) is 12.8 Å². The number of nitrogens with zero attached hydrogens (tertiary/aromatic N) is 2. The van der Waals surface area contributed by atoms with Gasteiger partial charge < -0.3 is 0 Å². The Morgan fingerprint density at radius 2 is 0.938 bits per heavy atom. The molecular formula is C24H24N2O4S2. The highest BCUT2D eigenvalue weighted by Crippen LogP contribution is 2.17. The number of hydrogen-bond acceptors (Lipinski definition) is 4. The van der Waals surface area contributed by atoms with Crippen LogP contribution in [0.3, 0.4) is 0 Å². The van der Waals surface area contributed by atoms with E-state index >= 15 is 0 Å². The lowest BCUT2D eigenvalue weighted by atomic mass is 10.2. The van der Waals surface area contributed by atoms with E-state index in [1.807, 2.05) is 13.8 Å². The molecule has 0 aliphatic carbocycles. The third-order valence-corrected chi connectivity index (χ3v) is 8.10. The maximum atomic E-state index is 12.9. The normalized spacial score (nSPS) is 11.4. The molecular weight excluding hydrogens is 444 g/mol. The summed E-state index contributed by atoms with van der Waals surface area (Å²) in [5.41, 5.74) is 1.85. The van der Waals surface area contributed by atoms with Gasteiger partial charge in [-0.2, -0.15) is 8.61 Å². The number of sulfonamides is 2. The summed E-state index contributed by atoms with van der Waals surface area (Å²) < 4.78 is 53.6. The fourth-order valence-corrected chi connectivity index (χ4v) is 5.18. The fraction of sp³-hybridized carbons (Fsp3) is 0.250. The average Bonchev–Trinajstić information content (AvgIpc) is 2.75. The van der Waals surface area contributed by atoms with Crippen LogP contribution in [-0.4, -0.2) is 51.6 Å². The van der Waals surface area contributed by atoms with Crippen molar-refractivity contribution >= 4 is 20.0 Å². The van der Waals surface area contributed by atoms with Crippen molar-refractivity contribution in [3.63, 3.8) is 0 Å². The minimum atomic E-state index is -3.84. The summed E-state index contributed by atoms with van der Waals surface area (Å²) in [5, 5.41) is 0. The van der Waals surface area contributed by atoms with Crippen LogP contribution in [-0.2, 0) is 20.0 Å². The van der Waals surface area contributed by atoms with Crippen LogP contribution in [0.1, 0.15) is 11.1 Å². The van der Waals surface area contributed by atoms with Gasteiger partial charge in [-0.05, 0) is 38.1 Å². The molecule has 8 heteroatoms. The first-order valence-corrected chi connectivity index (χ1v) is 12.5. The van der Waals surface area contributed by atoms with E-state index in [-0.39, 0.29) is 36.0 Å². The van der Waals surface area contributed by atoms with E-state index in [1.54, 1.807) is 24.3 Å². The summed E-state index contributed by atoms with van der Waals surface area (Å²) in [6.07, 6.45) is 10.7. The quantitative estimate of drug-likeness (QED) is 0.557. The maximum absolute atomic E-state index is 12.9. The summed E-state index contributed by atoms with van der Waals surface area (Å²) in [6.45, 7) is 3.01. The molecule has 2 aromatic carbocycles. The molecule has 0 aliphatic heterocycles. The summed E-state index contributed by atoms with van der Waals surface area (Å²) in [5.74, 6) is 10.1. The molecule has 0 heterocycles. The number of terminal acetylenes is 2. The van der Waals surface area contributed by atoms with Crippen LogP contribution in [0.4, 0.5) is 0 Å². The van der Waals surface area contributed by atoms with E-state index in [2.05, 4.69) is 23.7 Å². The Morgan fingerprint density at radius 1 is 0.625 bits per heavy atom. The van der Waals surface area contributed by atoms with Gasteiger partial charge in [-0.1, -0.05) is 59.1 Å². The summed E-state index contributed by atoms with van der Waals surface area (Å²) in [6, 6.07) is 12.8. The van der Waals surface area contributed by atoms with Crippen molar-refractivity contribution in [3.05, 3.63) is 59.7 Å². The molecule has 0 saturated heterocycles. The molecule has 0 atom stereocenters. The molecule has 0 bridgehead atoms. The lowest BCUT2D eigenvalue weighted by Gasteiger charge is -2.18. The summed E-state index contributed by atoms with van der Waals surface area (Å²) >= 11 is 0. The first kappa shape index (κ1) is 25.2. The van der Waals surface area contributed by atoms with E-state index in [0.717, 1.165) is 19.7 Å².